The van der Waals surface area contributed by atoms with Crippen molar-refractivity contribution < 1.29 is 23.9 Å². The number of ether oxygens (including phenoxy) is 2. The van der Waals surface area contributed by atoms with E-state index in [9.17, 15) is 14.4 Å². The molecule has 0 saturated carbocycles. The molecule has 0 aliphatic rings. The van der Waals surface area contributed by atoms with Gasteiger partial charge in [-0.1, -0.05) is 48.5 Å². The molecule has 2 rings (SSSR count). The van der Waals surface area contributed by atoms with Crippen LogP contribution in [0.3, 0.4) is 0 Å². The highest BCUT2D eigenvalue weighted by molar-refractivity contribution is 5.98. The summed E-state index contributed by atoms with van der Waals surface area (Å²) in [6.07, 6.45) is -2.00. The Morgan fingerprint density at radius 2 is 1.13 bits per heavy atom. The van der Waals surface area contributed by atoms with E-state index in [0.29, 0.717) is 10.6 Å². The van der Waals surface area contributed by atoms with Crippen LogP contribution >= 0.6 is 0 Å². The number of benzene rings is 2. The third kappa shape index (κ3) is 7.44. The Bertz CT molecular complexity index is 871. The van der Waals surface area contributed by atoms with Gasteiger partial charge in [-0.3, -0.25) is 4.79 Å². The third-order valence-corrected chi connectivity index (χ3v) is 3.80. The van der Waals surface area contributed by atoms with Gasteiger partial charge in [-0.2, -0.15) is 0 Å². The summed E-state index contributed by atoms with van der Waals surface area (Å²) < 4.78 is 10.9. The fourth-order valence-electron chi connectivity index (χ4n) is 2.60. The molecule has 3 amide bonds. The van der Waals surface area contributed by atoms with Crippen LogP contribution in [0.4, 0.5) is 9.59 Å². The van der Waals surface area contributed by atoms with Gasteiger partial charge in [0.25, 0.3) is 5.91 Å². The van der Waals surface area contributed by atoms with Gasteiger partial charge < -0.3 is 9.47 Å². The Morgan fingerprint density at radius 1 is 0.710 bits per heavy atom. The molecule has 166 valence electrons. The molecule has 0 N–H and O–H groups in total. The van der Waals surface area contributed by atoms with Crippen LogP contribution in [0.15, 0.2) is 60.7 Å². The standard InChI is InChI=1S/C24H30N2O5/c1-23(2,3)30-21(28)26(22(29)31-24(4,5)6)25(17-18-13-9-7-10-14-18)20(27)19-15-11-8-12-16-19/h7-16H,17H2,1-6H3. The molecule has 0 aromatic heterocycles. The molecule has 7 heteroatoms. The lowest BCUT2D eigenvalue weighted by atomic mass is 10.2. The minimum absolute atomic E-state index is 0.0347. The molecular formula is C24H30N2O5. The Kier molecular flexibility index (Phi) is 7.44. The largest absolute Gasteiger partial charge is 0.442 e. The van der Waals surface area contributed by atoms with E-state index < -0.39 is 29.3 Å². The van der Waals surface area contributed by atoms with Crippen molar-refractivity contribution in [3.63, 3.8) is 0 Å². The van der Waals surface area contributed by atoms with Gasteiger partial charge in [0, 0.05) is 5.56 Å². The number of hydrogen-bond acceptors (Lipinski definition) is 5. The average molecular weight is 427 g/mol. The quantitative estimate of drug-likeness (QED) is 0.613. The highest BCUT2D eigenvalue weighted by Gasteiger charge is 2.38. The van der Waals surface area contributed by atoms with Gasteiger partial charge >= 0.3 is 12.2 Å². The van der Waals surface area contributed by atoms with Gasteiger partial charge in [-0.15, -0.1) is 5.01 Å². The lowest BCUT2D eigenvalue weighted by Crippen LogP contribution is -2.55. The SMILES string of the molecule is CC(C)(C)OC(=O)N(C(=O)OC(C)(C)C)N(Cc1ccccc1)C(=O)c1ccccc1. The molecule has 0 radical (unpaired) electrons. The summed E-state index contributed by atoms with van der Waals surface area (Å²) in [6, 6.07) is 17.5. The summed E-state index contributed by atoms with van der Waals surface area (Å²) in [5.41, 5.74) is -0.726. The normalized spacial score (nSPS) is 11.4. The Morgan fingerprint density at radius 3 is 1.55 bits per heavy atom. The molecule has 0 fully saturated rings. The van der Waals surface area contributed by atoms with Crippen LogP contribution in [-0.2, 0) is 16.0 Å². The van der Waals surface area contributed by atoms with Crippen molar-refractivity contribution in [1.29, 1.82) is 0 Å². The van der Waals surface area contributed by atoms with Crippen molar-refractivity contribution >= 4 is 18.1 Å². The second kappa shape index (κ2) is 9.64. The summed E-state index contributed by atoms with van der Waals surface area (Å²) in [5, 5.41) is 1.69. The van der Waals surface area contributed by atoms with E-state index in [2.05, 4.69) is 0 Å². The van der Waals surface area contributed by atoms with Crippen molar-refractivity contribution in [3.05, 3.63) is 71.8 Å². The van der Waals surface area contributed by atoms with Gasteiger partial charge in [0.2, 0.25) is 0 Å². The molecular weight excluding hydrogens is 396 g/mol. The first-order valence-corrected chi connectivity index (χ1v) is 10.0. The minimum Gasteiger partial charge on any atom is -0.442 e. The highest BCUT2D eigenvalue weighted by Crippen LogP contribution is 2.20. The van der Waals surface area contributed by atoms with E-state index in [1.54, 1.807) is 84.0 Å². The van der Waals surface area contributed by atoms with E-state index in [1.165, 1.54) is 0 Å². The lowest BCUT2D eigenvalue weighted by Gasteiger charge is -2.35. The molecule has 0 bridgehead atoms. The monoisotopic (exact) mass is 426 g/mol. The van der Waals surface area contributed by atoms with E-state index in [4.69, 9.17) is 9.47 Å². The molecule has 0 aliphatic heterocycles. The third-order valence-electron chi connectivity index (χ3n) is 3.80. The molecule has 31 heavy (non-hydrogen) atoms. The predicted octanol–water partition coefficient (Wildman–Crippen LogP) is 5.42. The number of carbonyl (C=O) groups excluding carboxylic acids is 3. The Hall–Kier alpha value is -3.35. The van der Waals surface area contributed by atoms with Gasteiger partial charge in [0.15, 0.2) is 0 Å². The van der Waals surface area contributed by atoms with Gasteiger partial charge in [0.1, 0.15) is 11.2 Å². The molecule has 0 spiro atoms. The number of hydrogen-bond donors (Lipinski definition) is 0. The van der Waals surface area contributed by atoms with E-state index >= 15 is 0 Å². The maximum atomic E-state index is 13.4. The summed E-state index contributed by atoms with van der Waals surface area (Å²) in [4.78, 5) is 39.5. The first kappa shape index (κ1) is 23.9. The summed E-state index contributed by atoms with van der Waals surface area (Å²) >= 11 is 0. The zero-order chi connectivity index (χ0) is 23.2. The minimum atomic E-state index is -0.998. The van der Waals surface area contributed by atoms with E-state index in [-0.39, 0.29) is 6.54 Å². The molecule has 0 aliphatic carbocycles. The van der Waals surface area contributed by atoms with Crippen LogP contribution in [-0.4, -0.2) is 39.3 Å². The molecule has 0 heterocycles. The maximum absolute atomic E-state index is 13.4. The van der Waals surface area contributed by atoms with Crippen molar-refractivity contribution in [2.75, 3.05) is 0 Å². The van der Waals surface area contributed by atoms with Crippen LogP contribution < -0.4 is 0 Å². The van der Waals surface area contributed by atoms with Gasteiger partial charge in [0.05, 0.1) is 6.54 Å². The predicted molar refractivity (Wildman–Crippen MR) is 117 cm³/mol. The van der Waals surface area contributed by atoms with Crippen LogP contribution in [0.5, 0.6) is 0 Å². The number of hydrazine groups is 1. The average Bonchev–Trinajstić information content (AvgIpc) is 2.65. The van der Waals surface area contributed by atoms with Crippen LogP contribution in [0, 0.1) is 0 Å². The topological polar surface area (TPSA) is 76.2 Å². The second-order valence-electron chi connectivity index (χ2n) is 8.99. The zero-order valence-corrected chi connectivity index (χ0v) is 18.9. The summed E-state index contributed by atoms with van der Waals surface area (Å²) in [7, 11) is 0. The van der Waals surface area contributed by atoms with Crippen LogP contribution in [0.25, 0.3) is 0 Å². The smallest absolute Gasteiger partial charge is 0.439 e. The fourth-order valence-corrected chi connectivity index (χ4v) is 2.60. The van der Waals surface area contributed by atoms with Crippen molar-refractivity contribution in [3.8, 4) is 0 Å². The lowest BCUT2D eigenvalue weighted by molar-refractivity contribution is -0.0540. The fraction of sp³-hybridized carbons (Fsp3) is 0.375. The van der Waals surface area contributed by atoms with Crippen molar-refractivity contribution in [1.82, 2.24) is 10.0 Å². The Balaban J connectivity index is 2.53. The van der Waals surface area contributed by atoms with Crippen molar-refractivity contribution in [2.45, 2.75) is 59.3 Å². The molecule has 7 nitrogen and oxygen atoms in total. The first-order chi connectivity index (χ1) is 14.4. The van der Waals surface area contributed by atoms with Gasteiger partial charge in [-0.25, -0.2) is 14.6 Å². The number of imide groups is 1. The number of rotatable bonds is 3. The summed E-state index contributed by atoms with van der Waals surface area (Å²) in [6.45, 7) is 10.0. The van der Waals surface area contributed by atoms with Crippen LogP contribution in [0.2, 0.25) is 0 Å². The van der Waals surface area contributed by atoms with E-state index in [1.807, 2.05) is 18.2 Å². The number of nitrogens with zero attached hydrogens (tertiary/aromatic N) is 2. The molecule has 0 unspecified atom stereocenters. The number of amides is 3. The molecule has 0 atom stereocenters. The second-order valence-corrected chi connectivity index (χ2v) is 8.99. The molecule has 2 aromatic rings. The van der Waals surface area contributed by atoms with Crippen LogP contribution in [0.1, 0.15) is 57.5 Å². The Labute approximate surface area is 183 Å². The van der Waals surface area contributed by atoms with Gasteiger partial charge in [-0.05, 0) is 59.2 Å². The first-order valence-electron chi connectivity index (χ1n) is 10.0. The van der Waals surface area contributed by atoms with Crippen molar-refractivity contribution in [2.24, 2.45) is 0 Å². The number of carbonyl (C=O) groups is 3. The highest BCUT2D eigenvalue weighted by atomic mass is 16.6. The summed E-state index contributed by atoms with van der Waals surface area (Å²) in [5.74, 6) is -0.541. The zero-order valence-electron chi connectivity index (χ0n) is 18.9. The molecule has 0 saturated heterocycles. The maximum Gasteiger partial charge on any atom is 0.439 e. The van der Waals surface area contributed by atoms with E-state index in [0.717, 1.165) is 10.6 Å². The molecule has 2 aromatic carbocycles.